The van der Waals surface area contributed by atoms with Crippen molar-refractivity contribution < 1.29 is 19.6 Å². The molecule has 23 heavy (non-hydrogen) atoms. The molecule has 2 rings (SSSR count). The summed E-state index contributed by atoms with van der Waals surface area (Å²) < 4.78 is 5.53. The lowest BCUT2D eigenvalue weighted by atomic mass is 10.1. The van der Waals surface area contributed by atoms with Gasteiger partial charge in [-0.2, -0.15) is 0 Å². The molecule has 1 atom stereocenters. The van der Waals surface area contributed by atoms with E-state index in [4.69, 9.17) is 10.5 Å². The molecule has 0 radical (unpaired) electrons. The summed E-state index contributed by atoms with van der Waals surface area (Å²) in [4.78, 5) is 21.1. The first-order valence-corrected chi connectivity index (χ1v) is 6.88. The van der Waals surface area contributed by atoms with Gasteiger partial charge in [0.25, 0.3) is 5.69 Å². The van der Waals surface area contributed by atoms with Crippen molar-refractivity contribution >= 4 is 11.7 Å². The predicted molar refractivity (Wildman–Crippen MR) is 80.6 cm³/mol. The zero-order valence-corrected chi connectivity index (χ0v) is 12.2. The number of hydrogen-bond acceptors (Lipinski definition) is 6. The molecule has 0 bridgehead atoms. The fourth-order valence-electron chi connectivity index (χ4n) is 2.03. The lowest BCUT2D eigenvalue weighted by Crippen LogP contribution is -2.43. The first kappa shape index (κ1) is 16.4. The molecule has 2 N–H and O–H groups in total. The van der Waals surface area contributed by atoms with Gasteiger partial charge in [-0.05, 0) is 30.2 Å². The molecule has 2 aromatic rings. The van der Waals surface area contributed by atoms with Crippen LogP contribution in [-0.2, 0) is 17.8 Å². The molecule has 7 heteroatoms. The Balaban J connectivity index is 1.99. The molecule has 0 saturated carbocycles. The van der Waals surface area contributed by atoms with Crippen LogP contribution in [0.5, 0.6) is 5.75 Å². The third-order valence-corrected chi connectivity index (χ3v) is 3.26. The van der Waals surface area contributed by atoms with Gasteiger partial charge >= 0.3 is 0 Å². The van der Waals surface area contributed by atoms with Crippen LogP contribution in [-0.4, -0.2) is 16.9 Å². The highest BCUT2D eigenvalue weighted by Gasteiger charge is 2.12. The topological polar surface area (TPSA) is 119 Å². The van der Waals surface area contributed by atoms with Gasteiger partial charge in [0.05, 0.1) is 16.5 Å². The molecule has 2 aromatic carbocycles. The van der Waals surface area contributed by atoms with Gasteiger partial charge in [-0.1, -0.05) is 24.3 Å². The van der Waals surface area contributed by atoms with Gasteiger partial charge in [-0.25, -0.2) is 0 Å². The highest BCUT2D eigenvalue weighted by atomic mass is 16.6. The maximum Gasteiger partial charge on any atom is 0.276 e. The van der Waals surface area contributed by atoms with Crippen LogP contribution in [0.1, 0.15) is 11.1 Å². The van der Waals surface area contributed by atoms with Crippen LogP contribution in [0.2, 0.25) is 0 Å². The fraction of sp³-hybridized carbons (Fsp3) is 0.188. The first-order chi connectivity index (χ1) is 11.0. The van der Waals surface area contributed by atoms with Crippen LogP contribution in [0, 0.1) is 10.1 Å². The number of carbonyl (C=O) groups excluding carboxylic acids is 1. The number of carboxylic acid groups (broad SMARTS) is 1. The van der Waals surface area contributed by atoms with E-state index in [-0.39, 0.29) is 18.7 Å². The van der Waals surface area contributed by atoms with E-state index in [0.717, 1.165) is 5.56 Å². The second-order valence-electron chi connectivity index (χ2n) is 4.95. The Labute approximate surface area is 132 Å². The van der Waals surface area contributed by atoms with E-state index in [0.29, 0.717) is 11.3 Å². The number of nitrogens with two attached hydrogens (primary N) is 1. The van der Waals surface area contributed by atoms with Crippen molar-refractivity contribution in [3.05, 3.63) is 69.8 Å². The lowest BCUT2D eigenvalue weighted by Gasteiger charge is -2.13. The Morgan fingerprint density at radius 3 is 2.43 bits per heavy atom. The summed E-state index contributed by atoms with van der Waals surface area (Å²) in [6.45, 7) is 0.0645. The van der Waals surface area contributed by atoms with Crippen LogP contribution in [0.3, 0.4) is 0 Å². The van der Waals surface area contributed by atoms with Gasteiger partial charge in [-0.15, -0.1) is 0 Å². The summed E-state index contributed by atoms with van der Waals surface area (Å²) >= 11 is 0. The third kappa shape index (κ3) is 4.52. The molecule has 0 aliphatic heterocycles. The molecule has 0 spiro atoms. The number of nitro groups is 1. The normalized spacial score (nSPS) is 11.7. The van der Waals surface area contributed by atoms with Gasteiger partial charge in [0.2, 0.25) is 0 Å². The van der Waals surface area contributed by atoms with Crippen molar-refractivity contribution in [2.45, 2.75) is 19.1 Å². The number of aliphatic carboxylic acids is 1. The van der Waals surface area contributed by atoms with Gasteiger partial charge in [-0.3, -0.25) is 10.1 Å². The summed E-state index contributed by atoms with van der Waals surface area (Å²) in [6, 6.07) is 12.0. The molecule has 0 aliphatic carbocycles. The number of benzene rings is 2. The summed E-state index contributed by atoms with van der Waals surface area (Å²) in [5, 5.41) is 21.5. The molecular formula is C16H15N2O5-. The van der Waals surface area contributed by atoms with Crippen molar-refractivity contribution in [2.24, 2.45) is 5.73 Å². The average molecular weight is 315 g/mol. The first-order valence-electron chi connectivity index (χ1n) is 6.88. The van der Waals surface area contributed by atoms with Crippen molar-refractivity contribution in [3.8, 4) is 5.75 Å². The molecule has 0 aromatic heterocycles. The number of nitrogens with zero attached hydrogens (tertiary/aromatic N) is 1. The van der Waals surface area contributed by atoms with Gasteiger partial charge in [0.15, 0.2) is 0 Å². The van der Waals surface area contributed by atoms with Gasteiger partial charge in [0, 0.05) is 12.1 Å². The number of para-hydroxylation sites is 1. The number of nitro benzene ring substituents is 1. The van der Waals surface area contributed by atoms with E-state index < -0.39 is 16.9 Å². The summed E-state index contributed by atoms with van der Waals surface area (Å²) in [6.07, 6.45) is 0.159. The number of ether oxygens (including phenoxy) is 1. The van der Waals surface area contributed by atoms with Crippen LogP contribution in [0.4, 0.5) is 5.69 Å². The average Bonchev–Trinajstić information content (AvgIpc) is 2.54. The standard InChI is InChI=1S/C16H16N2O5/c17-14(16(19)20)9-11-5-7-13(8-6-11)23-10-12-3-1-2-4-15(12)18(21)22/h1-8,14H,9-10,17H2,(H,19,20)/p-1/t14-/m0/s1. The number of rotatable bonds is 7. The molecule has 0 fully saturated rings. The minimum Gasteiger partial charge on any atom is -0.548 e. The zero-order valence-electron chi connectivity index (χ0n) is 12.2. The number of carbonyl (C=O) groups is 1. The van der Waals surface area contributed by atoms with Crippen molar-refractivity contribution in [1.29, 1.82) is 0 Å². The molecule has 0 aliphatic rings. The van der Waals surface area contributed by atoms with E-state index in [1.54, 1.807) is 42.5 Å². The minimum absolute atomic E-state index is 0.00375. The van der Waals surface area contributed by atoms with E-state index in [9.17, 15) is 20.0 Å². The largest absolute Gasteiger partial charge is 0.548 e. The Kier molecular flexibility index (Phi) is 5.27. The molecule has 0 amide bonds. The maximum atomic E-state index is 10.9. The molecule has 0 saturated heterocycles. The fourth-order valence-corrected chi connectivity index (χ4v) is 2.03. The predicted octanol–water partition coefficient (Wildman–Crippen LogP) is 0.793. The van der Waals surface area contributed by atoms with Crippen molar-refractivity contribution in [1.82, 2.24) is 0 Å². The quantitative estimate of drug-likeness (QED) is 0.596. The smallest absolute Gasteiger partial charge is 0.276 e. The number of carboxylic acids is 1. The Morgan fingerprint density at radius 1 is 1.17 bits per heavy atom. The summed E-state index contributed by atoms with van der Waals surface area (Å²) in [5.74, 6) is -0.782. The number of hydrogen-bond donors (Lipinski definition) is 1. The van der Waals surface area contributed by atoms with E-state index in [1.165, 1.54) is 6.07 Å². The Hall–Kier alpha value is -2.93. The lowest BCUT2D eigenvalue weighted by molar-refractivity contribution is -0.385. The summed E-state index contributed by atoms with van der Waals surface area (Å²) in [5.41, 5.74) is 6.62. The van der Waals surface area contributed by atoms with Crippen LogP contribution < -0.4 is 15.6 Å². The maximum absolute atomic E-state index is 10.9. The zero-order chi connectivity index (χ0) is 16.8. The molecule has 0 heterocycles. The van der Waals surface area contributed by atoms with Crippen molar-refractivity contribution in [3.63, 3.8) is 0 Å². The molecule has 120 valence electrons. The third-order valence-electron chi connectivity index (χ3n) is 3.26. The van der Waals surface area contributed by atoms with E-state index in [2.05, 4.69) is 0 Å². The molecule has 7 nitrogen and oxygen atoms in total. The Bertz CT molecular complexity index is 700. The Morgan fingerprint density at radius 2 is 1.83 bits per heavy atom. The molecule has 0 unspecified atom stereocenters. The van der Waals surface area contributed by atoms with E-state index in [1.807, 2.05) is 0 Å². The van der Waals surface area contributed by atoms with Crippen LogP contribution >= 0.6 is 0 Å². The van der Waals surface area contributed by atoms with E-state index >= 15 is 0 Å². The monoisotopic (exact) mass is 315 g/mol. The second-order valence-corrected chi connectivity index (χ2v) is 4.95. The van der Waals surface area contributed by atoms with Crippen LogP contribution in [0.25, 0.3) is 0 Å². The second kappa shape index (κ2) is 7.37. The highest BCUT2D eigenvalue weighted by molar-refractivity contribution is 5.71. The highest BCUT2D eigenvalue weighted by Crippen LogP contribution is 2.20. The van der Waals surface area contributed by atoms with Crippen molar-refractivity contribution in [2.75, 3.05) is 0 Å². The SMILES string of the molecule is N[C@@H](Cc1ccc(OCc2ccccc2[N+](=O)[O-])cc1)C(=O)[O-]. The van der Waals surface area contributed by atoms with Gasteiger partial charge < -0.3 is 20.4 Å². The molecular weight excluding hydrogens is 300 g/mol. The van der Waals surface area contributed by atoms with Gasteiger partial charge in [0.1, 0.15) is 12.4 Å². The van der Waals surface area contributed by atoms with Crippen LogP contribution in [0.15, 0.2) is 48.5 Å². The minimum atomic E-state index is -1.30. The summed E-state index contributed by atoms with van der Waals surface area (Å²) in [7, 11) is 0.